The smallest absolute Gasteiger partial charge is 0.0674 e. The molecule has 0 bridgehead atoms. The summed E-state index contributed by atoms with van der Waals surface area (Å²) in [4.78, 5) is 2.57. The molecule has 1 rings (SSSR count). The standard InChI is InChI=1S/C14H30N2O/c1-12(2)9-15-7-5-6-8-16-10-14(4)17-11-13(16)3/h12-15H,5-11H2,1-4H3. The molecule has 0 spiro atoms. The molecule has 0 aromatic heterocycles. The lowest BCUT2D eigenvalue weighted by molar-refractivity contribution is -0.0495. The van der Waals surface area contributed by atoms with Crippen LogP contribution in [0.1, 0.15) is 40.5 Å². The van der Waals surface area contributed by atoms with Crippen LogP contribution in [0.25, 0.3) is 0 Å². The van der Waals surface area contributed by atoms with Gasteiger partial charge in [0.05, 0.1) is 12.7 Å². The number of nitrogens with zero attached hydrogens (tertiary/aromatic N) is 1. The van der Waals surface area contributed by atoms with E-state index < -0.39 is 0 Å². The van der Waals surface area contributed by atoms with Crippen LogP contribution in [-0.2, 0) is 4.74 Å². The lowest BCUT2D eigenvalue weighted by Gasteiger charge is -2.36. The van der Waals surface area contributed by atoms with Crippen molar-refractivity contribution in [1.29, 1.82) is 0 Å². The SMILES string of the molecule is CC(C)CNCCCCN1CC(C)OCC1C. The molecule has 2 atom stereocenters. The molecule has 1 heterocycles. The van der Waals surface area contributed by atoms with Gasteiger partial charge in [-0.25, -0.2) is 0 Å². The molecule has 2 unspecified atom stereocenters. The van der Waals surface area contributed by atoms with E-state index in [0.717, 1.165) is 32.2 Å². The molecule has 1 saturated heterocycles. The maximum Gasteiger partial charge on any atom is 0.0674 e. The maximum absolute atomic E-state index is 5.64. The van der Waals surface area contributed by atoms with Gasteiger partial charge in [0, 0.05) is 12.6 Å². The molecule has 0 amide bonds. The topological polar surface area (TPSA) is 24.5 Å². The van der Waals surface area contributed by atoms with Gasteiger partial charge in [0.1, 0.15) is 0 Å². The molecule has 1 N–H and O–H groups in total. The third kappa shape index (κ3) is 6.39. The van der Waals surface area contributed by atoms with Gasteiger partial charge in [-0.15, -0.1) is 0 Å². The molecule has 0 saturated carbocycles. The van der Waals surface area contributed by atoms with Crippen molar-refractivity contribution in [2.75, 3.05) is 32.8 Å². The number of hydrogen-bond acceptors (Lipinski definition) is 3. The Morgan fingerprint density at radius 1 is 1.29 bits per heavy atom. The van der Waals surface area contributed by atoms with Gasteiger partial charge < -0.3 is 10.1 Å². The molecule has 0 radical (unpaired) electrons. The zero-order chi connectivity index (χ0) is 12.7. The average molecular weight is 242 g/mol. The van der Waals surface area contributed by atoms with Gasteiger partial charge in [0.15, 0.2) is 0 Å². The van der Waals surface area contributed by atoms with E-state index in [1.165, 1.54) is 19.4 Å². The molecule has 0 aliphatic carbocycles. The van der Waals surface area contributed by atoms with Gasteiger partial charge in [-0.1, -0.05) is 13.8 Å². The van der Waals surface area contributed by atoms with Gasteiger partial charge in [0.2, 0.25) is 0 Å². The fraction of sp³-hybridized carbons (Fsp3) is 1.00. The Labute approximate surface area is 107 Å². The second-order valence-corrected chi connectivity index (χ2v) is 5.79. The van der Waals surface area contributed by atoms with Gasteiger partial charge in [-0.2, -0.15) is 0 Å². The van der Waals surface area contributed by atoms with Crippen molar-refractivity contribution >= 4 is 0 Å². The van der Waals surface area contributed by atoms with E-state index in [2.05, 4.69) is 37.9 Å². The van der Waals surface area contributed by atoms with E-state index >= 15 is 0 Å². The predicted octanol–water partition coefficient (Wildman–Crippen LogP) is 2.12. The first-order chi connectivity index (χ1) is 8.09. The van der Waals surface area contributed by atoms with Crippen LogP contribution >= 0.6 is 0 Å². The normalized spacial score (nSPS) is 26.6. The predicted molar refractivity (Wildman–Crippen MR) is 73.4 cm³/mol. The van der Waals surface area contributed by atoms with E-state index in [1.54, 1.807) is 0 Å². The molecular weight excluding hydrogens is 212 g/mol. The molecule has 102 valence electrons. The molecule has 0 aromatic rings. The van der Waals surface area contributed by atoms with Crippen LogP contribution in [0.4, 0.5) is 0 Å². The monoisotopic (exact) mass is 242 g/mol. The summed E-state index contributed by atoms with van der Waals surface area (Å²) in [6, 6.07) is 0.592. The molecule has 1 fully saturated rings. The number of unbranched alkanes of at least 4 members (excludes halogenated alkanes) is 1. The highest BCUT2D eigenvalue weighted by atomic mass is 16.5. The van der Waals surface area contributed by atoms with Crippen LogP contribution in [0, 0.1) is 5.92 Å². The van der Waals surface area contributed by atoms with Crippen LogP contribution in [-0.4, -0.2) is 49.8 Å². The van der Waals surface area contributed by atoms with Crippen molar-refractivity contribution in [3.05, 3.63) is 0 Å². The van der Waals surface area contributed by atoms with Gasteiger partial charge in [-0.05, 0) is 52.2 Å². The fourth-order valence-corrected chi connectivity index (χ4v) is 2.24. The van der Waals surface area contributed by atoms with Crippen LogP contribution in [0.5, 0.6) is 0 Å². The maximum atomic E-state index is 5.64. The van der Waals surface area contributed by atoms with Crippen molar-refractivity contribution < 1.29 is 4.74 Å². The lowest BCUT2D eigenvalue weighted by Crippen LogP contribution is -2.47. The molecule has 1 aliphatic rings. The summed E-state index contributed by atoms with van der Waals surface area (Å²) in [6.45, 7) is 14.5. The number of nitrogens with one attached hydrogen (secondary N) is 1. The minimum Gasteiger partial charge on any atom is -0.376 e. The third-order valence-electron chi connectivity index (χ3n) is 3.34. The molecule has 17 heavy (non-hydrogen) atoms. The summed E-state index contributed by atoms with van der Waals surface area (Å²) in [5, 5.41) is 3.50. The van der Waals surface area contributed by atoms with Crippen LogP contribution in [0.2, 0.25) is 0 Å². The van der Waals surface area contributed by atoms with E-state index in [4.69, 9.17) is 4.74 Å². The molecule has 1 aliphatic heterocycles. The largest absolute Gasteiger partial charge is 0.376 e. The van der Waals surface area contributed by atoms with Gasteiger partial charge in [-0.3, -0.25) is 4.90 Å². The molecule has 0 aromatic carbocycles. The Morgan fingerprint density at radius 3 is 2.76 bits per heavy atom. The lowest BCUT2D eigenvalue weighted by atomic mass is 10.2. The van der Waals surface area contributed by atoms with Crippen molar-refractivity contribution in [2.24, 2.45) is 5.92 Å². The zero-order valence-corrected chi connectivity index (χ0v) is 12.0. The number of rotatable bonds is 7. The zero-order valence-electron chi connectivity index (χ0n) is 12.0. The highest BCUT2D eigenvalue weighted by molar-refractivity contribution is 4.75. The number of morpholine rings is 1. The van der Waals surface area contributed by atoms with Crippen molar-refractivity contribution in [3.63, 3.8) is 0 Å². The summed E-state index contributed by atoms with van der Waals surface area (Å²) in [5.74, 6) is 0.759. The van der Waals surface area contributed by atoms with Crippen LogP contribution < -0.4 is 5.32 Å². The van der Waals surface area contributed by atoms with Crippen LogP contribution in [0.15, 0.2) is 0 Å². The number of hydrogen-bond donors (Lipinski definition) is 1. The summed E-state index contributed by atoms with van der Waals surface area (Å²) >= 11 is 0. The first kappa shape index (κ1) is 14.9. The Balaban J connectivity index is 2.01. The van der Waals surface area contributed by atoms with E-state index in [9.17, 15) is 0 Å². The highest BCUT2D eigenvalue weighted by Gasteiger charge is 2.22. The minimum absolute atomic E-state index is 0.408. The third-order valence-corrected chi connectivity index (χ3v) is 3.34. The van der Waals surface area contributed by atoms with E-state index in [0.29, 0.717) is 12.1 Å². The van der Waals surface area contributed by atoms with Crippen LogP contribution in [0.3, 0.4) is 0 Å². The minimum atomic E-state index is 0.408. The Morgan fingerprint density at radius 2 is 2.06 bits per heavy atom. The molecule has 3 heteroatoms. The second kappa shape index (κ2) is 8.06. The van der Waals surface area contributed by atoms with Crippen molar-refractivity contribution in [2.45, 2.75) is 52.7 Å². The number of ether oxygens (including phenoxy) is 1. The van der Waals surface area contributed by atoms with Crippen molar-refractivity contribution in [1.82, 2.24) is 10.2 Å². The molecular formula is C14H30N2O. The highest BCUT2D eigenvalue weighted by Crippen LogP contribution is 2.11. The van der Waals surface area contributed by atoms with E-state index in [-0.39, 0.29) is 0 Å². The Bertz CT molecular complexity index is 197. The van der Waals surface area contributed by atoms with Crippen molar-refractivity contribution in [3.8, 4) is 0 Å². The van der Waals surface area contributed by atoms with E-state index in [1.807, 2.05) is 0 Å². The first-order valence-corrected chi connectivity index (χ1v) is 7.16. The Hall–Kier alpha value is -0.120. The quantitative estimate of drug-likeness (QED) is 0.692. The summed E-state index contributed by atoms with van der Waals surface area (Å²) in [6.07, 6.45) is 2.98. The summed E-state index contributed by atoms with van der Waals surface area (Å²) < 4.78 is 5.64. The Kier molecular flexibility index (Phi) is 7.09. The van der Waals surface area contributed by atoms with Gasteiger partial charge >= 0.3 is 0 Å². The van der Waals surface area contributed by atoms with Gasteiger partial charge in [0.25, 0.3) is 0 Å². The second-order valence-electron chi connectivity index (χ2n) is 5.79. The first-order valence-electron chi connectivity index (χ1n) is 7.16. The summed E-state index contributed by atoms with van der Waals surface area (Å²) in [7, 11) is 0. The summed E-state index contributed by atoms with van der Waals surface area (Å²) in [5.41, 5.74) is 0. The average Bonchev–Trinajstić information content (AvgIpc) is 2.27. The fourth-order valence-electron chi connectivity index (χ4n) is 2.24. The molecule has 3 nitrogen and oxygen atoms in total.